The van der Waals surface area contributed by atoms with Crippen molar-refractivity contribution in [1.82, 2.24) is 4.90 Å². The number of carbonyl (C=O) groups excluding carboxylic acids is 2. The van der Waals surface area contributed by atoms with Crippen LogP contribution in [0, 0.1) is 5.92 Å². The number of imide groups is 1. The Bertz CT molecular complexity index is 510. The van der Waals surface area contributed by atoms with E-state index >= 15 is 0 Å². The number of likely N-dealkylation sites (tertiary alicyclic amines) is 1. The van der Waals surface area contributed by atoms with E-state index in [-0.39, 0.29) is 11.8 Å². The van der Waals surface area contributed by atoms with Crippen LogP contribution in [0.4, 0.5) is 0 Å². The molecule has 1 saturated carbocycles. The molecule has 0 spiro atoms. The minimum atomic E-state index is -0.0179. The van der Waals surface area contributed by atoms with Crippen molar-refractivity contribution in [3.63, 3.8) is 0 Å². The van der Waals surface area contributed by atoms with Crippen molar-refractivity contribution in [1.29, 1.82) is 0 Å². The molecule has 2 atom stereocenters. The predicted octanol–water partition coefficient (Wildman–Crippen LogP) is 1.95. The molecule has 1 saturated heterocycles. The van der Waals surface area contributed by atoms with E-state index in [0.717, 1.165) is 12.2 Å². The van der Waals surface area contributed by atoms with E-state index in [1.54, 1.807) is 7.11 Å². The number of amides is 2. The maximum Gasteiger partial charge on any atom is 0.229 e. The quantitative estimate of drug-likeness (QED) is 0.776. The van der Waals surface area contributed by atoms with E-state index in [1.165, 1.54) is 10.5 Å². The first-order valence-corrected chi connectivity index (χ1v) is 6.67. The fourth-order valence-corrected chi connectivity index (χ4v) is 2.86. The van der Waals surface area contributed by atoms with Gasteiger partial charge in [-0.3, -0.25) is 14.5 Å². The summed E-state index contributed by atoms with van der Waals surface area (Å²) >= 11 is 0. The van der Waals surface area contributed by atoms with Gasteiger partial charge in [0.2, 0.25) is 11.8 Å². The van der Waals surface area contributed by atoms with Crippen molar-refractivity contribution >= 4 is 11.8 Å². The molecule has 1 aliphatic carbocycles. The SMILES string of the molecule is COc1ccccc1C1CC1CN1C(=O)CCC1=O. The van der Waals surface area contributed by atoms with E-state index in [4.69, 9.17) is 4.74 Å². The van der Waals surface area contributed by atoms with Gasteiger partial charge >= 0.3 is 0 Å². The highest BCUT2D eigenvalue weighted by molar-refractivity contribution is 6.01. The summed E-state index contributed by atoms with van der Waals surface area (Å²) in [6.45, 7) is 0.570. The maximum atomic E-state index is 11.6. The van der Waals surface area contributed by atoms with Crippen LogP contribution in [0.5, 0.6) is 5.75 Å². The number of methoxy groups -OCH3 is 1. The molecule has 100 valence electrons. The third kappa shape index (κ3) is 2.23. The van der Waals surface area contributed by atoms with Crippen LogP contribution in [-0.2, 0) is 9.59 Å². The van der Waals surface area contributed by atoms with Gasteiger partial charge in [-0.15, -0.1) is 0 Å². The molecule has 1 aromatic rings. The predicted molar refractivity (Wildman–Crippen MR) is 69.8 cm³/mol. The molecule has 4 heteroatoms. The Kier molecular flexibility index (Phi) is 3.01. The van der Waals surface area contributed by atoms with Gasteiger partial charge in [0.15, 0.2) is 0 Å². The number of para-hydroxylation sites is 1. The second-order valence-electron chi connectivity index (χ2n) is 5.24. The van der Waals surface area contributed by atoms with Crippen molar-refractivity contribution in [2.75, 3.05) is 13.7 Å². The van der Waals surface area contributed by atoms with Gasteiger partial charge < -0.3 is 4.74 Å². The highest BCUT2D eigenvalue weighted by Gasteiger charge is 2.43. The van der Waals surface area contributed by atoms with Gasteiger partial charge in [0.1, 0.15) is 5.75 Å². The molecule has 3 rings (SSSR count). The van der Waals surface area contributed by atoms with E-state index in [0.29, 0.717) is 31.2 Å². The molecule has 2 amide bonds. The monoisotopic (exact) mass is 259 g/mol. The summed E-state index contributed by atoms with van der Waals surface area (Å²) in [5, 5.41) is 0. The van der Waals surface area contributed by atoms with E-state index in [1.807, 2.05) is 18.2 Å². The normalized spacial score (nSPS) is 25.8. The van der Waals surface area contributed by atoms with Gasteiger partial charge in [0.05, 0.1) is 7.11 Å². The van der Waals surface area contributed by atoms with Crippen LogP contribution in [0.3, 0.4) is 0 Å². The molecule has 19 heavy (non-hydrogen) atoms. The van der Waals surface area contributed by atoms with Crippen LogP contribution in [0.2, 0.25) is 0 Å². The number of nitrogens with zero attached hydrogens (tertiary/aromatic N) is 1. The van der Waals surface area contributed by atoms with Crippen LogP contribution in [0.1, 0.15) is 30.7 Å². The van der Waals surface area contributed by atoms with Gasteiger partial charge in [-0.25, -0.2) is 0 Å². The molecule has 0 bridgehead atoms. The van der Waals surface area contributed by atoms with Gasteiger partial charge in [0, 0.05) is 19.4 Å². The summed E-state index contributed by atoms with van der Waals surface area (Å²) in [5.41, 5.74) is 1.19. The fourth-order valence-electron chi connectivity index (χ4n) is 2.86. The third-order valence-electron chi connectivity index (χ3n) is 4.03. The van der Waals surface area contributed by atoms with Crippen molar-refractivity contribution in [3.8, 4) is 5.75 Å². The summed E-state index contributed by atoms with van der Waals surface area (Å²) in [6.07, 6.45) is 1.78. The highest BCUT2D eigenvalue weighted by Crippen LogP contribution is 2.50. The summed E-state index contributed by atoms with van der Waals surface area (Å²) in [5.74, 6) is 1.67. The summed E-state index contributed by atoms with van der Waals surface area (Å²) < 4.78 is 5.36. The first-order chi connectivity index (χ1) is 9.20. The average molecular weight is 259 g/mol. The Labute approximate surface area is 112 Å². The molecule has 2 unspecified atom stereocenters. The molecule has 1 heterocycles. The summed E-state index contributed by atoms with van der Waals surface area (Å²) in [4.78, 5) is 24.6. The van der Waals surface area contributed by atoms with Crippen molar-refractivity contribution < 1.29 is 14.3 Å². The highest BCUT2D eigenvalue weighted by atomic mass is 16.5. The second-order valence-corrected chi connectivity index (χ2v) is 5.24. The maximum absolute atomic E-state index is 11.6. The van der Waals surface area contributed by atoms with E-state index in [2.05, 4.69) is 6.07 Å². The molecule has 0 N–H and O–H groups in total. The van der Waals surface area contributed by atoms with Crippen molar-refractivity contribution in [3.05, 3.63) is 29.8 Å². The first kappa shape index (κ1) is 12.2. The Hall–Kier alpha value is -1.84. The molecular weight excluding hydrogens is 242 g/mol. The van der Waals surface area contributed by atoms with E-state index in [9.17, 15) is 9.59 Å². The first-order valence-electron chi connectivity index (χ1n) is 6.67. The molecule has 1 aromatic carbocycles. The van der Waals surface area contributed by atoms with Crippen molar-refractivity contribution in [2.24, 2.45) is 5.92 Å². The minimum Gasteiger partial charge on any atom is -0.496 e. The summed E-state index contributed by atoms with van der Waals surface area (Å²) in [7, 11) is 1.67. The average Bonchev–Trinajstić information content (AvgIpc) is 3.13. The van der Waals surface area contributed by atoms with Crippen molar-refractivity contribution in [2.45, 2.75) is 25.2 Å². The number of benzene rings is 1. The van der Waals surface area contributed by atoms with Crippen LogP contribution in [0.25, 0.3) is 0 Å². The number of hydrogen-bond donors (Lipinski definition) is 0. The third-order valence-corrected chi connectivity index (χ3v) is 4.03. The van der Waals surface area contributed by atoms with Gasteiger partial charge in [-0.1, -0.05) is 18.2 Å². The lowest BCUT2D eigenvalue weighted by atomic mass is 10.1. The number of rotatable bonds is 4. The lowest BCUT2D eigenvalue weighted by Crippen LogP contribution is -2.31. The second kappa shape index (κ2) is 4.68. The fraction of sp³-hybridized carbons (Fsp3) is 0.467. The Morgan fingerprint density at radius 3 is 2.58 bits per heavy atom. The summed E-state index contributed by atoms with van der Waals surface area (Å²) in [6, 6.07) is 7.97. The molecular formula is C15H17NO3. The molecule has 1 aliphatic heterocycles. The zero-order valence-electron chi connectivity index (χ0n) is 11.0. The molecule has 0 radical (unpaired) electrons. The Balaban J connectivity index is 1.68. The Morgan fingerprint density at radius 2 is 1.89 bits per heavy atom. The van der Waals surface area contributed by atoms with Gasteiger partial charge in [-0.2, -0.15) is 0 Å². The number of hydrogen-bond acceptors (Lipinski definition) is 3. The molecule has 2 fully saturated rings. The smallest absolute Gasteiger partial charge is 0.229 e. The lowest BCUT2D eigenvalue weighted by molar-refractivity contribution is -0.138. The number of carbonyl (C=O) groups is 2. The number of ether oxygens (including phenoxy) is 1. The minimum absolute atomic E-state index is 0.0179. The zero-order valence-corrected chi connectivity index (χ0v) is 11.0. The zero-order chi connectivity index (χ0) is 13.4. The topological polar surface area (TPSA) is 46.6 Å². The van der Waals surface area contributed by atoms with Crippen LogP contribution in [-0.4, -0.2) is 30.4 Å². The lowest BCUT2D eigenvalue weighted by Gasteiger charge is -2.14. The van der Waals surface area contributed by atoms with Crippen LogP contribution in [0.15, 0.2) is 24.3 Å². The van der Waals surface area contributed by atoms with Crippen LogP contribution < -0.4 is 4.74 Å². The Morgan fingerprint density at radius 1 is 1.21 bits per heavy atom. The largest absolute Gasteiger partial charge is 0.496 e. The molecule has 4 nitrogen and oxygen atoms in total. The van der Waals surface area contributed by atoms with E-state index < -0.39 is 0 Å². The molecule has 0 aromatic heterocycles. The molecule has 2 aliphatic rings. The van der Waals surface area contributed by atoms with Gasteiger partial charge in [-0.05, 0) is 29.9 Å². The standard InChI is InChI=1S/C15H17NO3/c1-19-13-5-3-2-4-11(13)12-8-10(12)9-16-14(17)6-7-15(16)18/h2-5,10,12H,6-9H2,1H3. The van der Waals surface area contributed by atoms with Gasteiger partial charge in [0.25, 0.3) is 0 Å². The van der Waals surface area contributed by atoms with Crippen LogP contribution >= 0.6 is 0 Å².